The highest BCUT2D eigenvalue weighted by Gasteiger charge is 2.33. The Labute approximate surface area is 141 Å². The van der Waals surface area contributed by atoms with Gasteiger partial charge in [-0.2, -0.15) is 0 Å². The van der Waals surface area contributed by atoms with E-state index in [1.165, 1.54) is 16.8 Å². The first kappa shape index (κ1) is 17.0. The lowest BCUT2D eigenvalue weighted by Gasteiger charge is -2.31. The fourth-order valence-corrected chi connectivity index (χ4v) is 3.46. The molecule has 1 aromatic heterocycles. The van der Waals surface area contributed by atoms with Gasteiger partial charge in [0.15, 0.2) is 0 Å². The maximum atomic E-state index is 12.6. The van der Waals surface area contributed by atoms with E-state index in [1.807, 2.05) is 6.92 Å². The summed E-state index contributed by atoms with van der Waals surface area (Å²) in [5.74, 6) is -1.03. The van der Waals surface area contributed by atoms with Crippen LogP contribution in [0.5, 0.6) is 0 Å². The first-order valence-corrected chi connectivity index (χ1v) is 8.42. The Hall–Kier alpha value is -1.86. The second-order valence-electron chi connectivity index (χ2n) is 7.14. The predicted octanol–water partition coefficient (Wildman–Crippen LogP) is 1.19. The highest BCUT2D eigenvalue weighted by atomic mass is 16.5. The minimum atomic E-state index is -1.03. The van der Waals surface area contributed by atoms with Crippen LogP contribution in [0.2, 0.25) is 0 Å². The van der Waals surface area contributed by atoms with Gasteiger partial charge < -0.3 is 24.6 Å². The summed E-state index contributed by atoms with van der Waals surface area (Å²) in [5.41, 5.74) is -0.112. The van der Waals surface area contributed by atoms with Crippen molar-refractivity contribution in [2.45, 2.75) is 37.8 Å². The van der Waals surface area contributed by atoms with E-state index < -0.39 is 11.5 Å². The molecule has 7 heteroatoms. The first-order valence-electron chi connectivity index (χ1n) is 8.42. The molecule has 0 spiro atoms. The van der Waals surface area contributed by atoms with Gasteiger partial charge in [-0.25, -0.2) is 4.79 Å². The zero-order chi connectivity index (χ0) is 17.3. The van der Waals surface area contributed by atoms with Gasteiger partial charge in [-0.3, -0.25) is 4.79 Å². The molecule has 24 heavy (non-hydrogen) atoms. The van der Waals surface area contributed by atoms with Crippen LogP contribution in [0, 0.1) is 0 Å². The van der Waals surface area contributed by atoms with E-state index in [0.717, 1.165) is 25.9 Å². The van der Waals surface area contributed by atoms with Gasteiger partial charge in [0.1, 0.15) is 0 Å². The Morgan fingerprint density at radius 1 is 1.42 bits per heavy atom. The number of aromatic nitrogens is 1. The Balaban J connectivity index is 1.91. The van der Waals surface area contributed by atoms with Crippen LogP contribution in [0.25, 0.3) is 0 Å². The number of ether oxygens (including phenoxy) is 1. The lowest BCUT2D eigenvalue weighted by Crippen LogP contribution is -2.40. The topological polar surface area (TPSA) is 83.8 Å². The fraction of sp³-hybridized carbons (Fsp3) is 0.647. The van der Waals surface area contributed by atoms with E-state index in [2.05, 4.69) is 17.3 Å². The normalized spacial score (nSPS) is 25.8. The van der Waals surface area contributed by atoms with E-state index in [9.17, 15) is 14.7 Å². The lowest BCUT2D eigenvalue weighted by atomic mass is 10.00. The number of piperidine rings is 1. The molecule has 2 aliphatic rings. The van der Waals surface area contributed by atoms with Crippen molar-refractivity contribution in [3.63, 3.8) is 0 Å². The molecule has 1 unspecified atom stereocenters. The largest absolute Gasteiger partial charge is 0.478 e. The van der Waals surface area contributed by atoms with E-state index in [0.29, 0.717) is 25.3 Å². The number of hydrogen-bond acceptors (Lipinski definition) is 5. The molecule has 3 rings (SSSR count). The molecule has 0 bridgehead atoms. The molecule has 1 aromatic rings. The van der Waals surface area contributed by atoms with Crippen molar-refractivity contribution in [1.82, 2.24) is 9.47 Å². The summed E-state index contributed by atoms with van der Waals surface area (Å²) in [6.07, 6.45) is 4.04. The van der Waals surface area contributed by atoms with Crippen molar-refractivity contribution in [3.05, 3.63) is 28.2 Å². The Bertz CT molecular complexity index is 671. The van der Waals surface area contributed by atoms with Crippen LogP contribution in [-0.2, 0) is 10.3 Å². The van der Waals surface area contributed by atoms with E-state index >= 15 is 0 Å². The molecule has 0 aliphatic carbocycles. The van der Waals surface area contributed by atoms with Gasteiger partial charge in [-0.1, -0.05) is 0 Å². The number of anilines is 1. The Morgan fingerprint density at radius 2 is 2.12 bits per heavy atom. The Morgan fingerprint density at radius 3 is 2.71 bits per heavy atom. The number of carboxylic acid groups (broad SMARTS) is 1. The summed E-state index contributed by atoms with van der Waals surface area (Å²) in [7, 11) is 2.07. The smallest absolute Gasteiger partial charge is 0.339 e. The van der Waals surface area contributed by atoms with Crippen LogP contribution in [0.15, 0.2) is 17.1 Å². The molecule has 2 N–H and O–H groups in total. The van der Waals surface area contributed by atoms with Gasteiger partial charge in [0, 0.05) is 24.9 Å². The molecule has 0 amide bonds. The second-order valence-corrected chi connectivity index (χ2v) is 7.14. The van der Waals surface area contributed by atoms with Gasteiger partial charge in [0.25, 0.3) is 5.56 Å². The van der Waals surface area contributed by atoms with Gasteiger partial charge in [-0.05, 0) is 46.3 Å². The molecule has 2 aliphatic heterocycles. The van der Waals surface area contributed by atoms with Gasteiger partial charge >= 0.3 is 5.97 Å². The number of rotatable bonds is 4. The molecule has 0 saturated carbocycles. The lowest BCUT2D eigenvalue weighted by molar-refractivity contribution is 0.0695. The number of carbonyl (C=O) groups is 1. The third-order valence-corrected chi connectivity index (χ3v) is 5.14. The standard InChI is InChI=1S/C17H25N3O4/c1-17(5-8-24-11-17)20-10-13(16(22)23)14(9-15(20)21)18-12-3-6-19(2)7-4-12/h9-10,12,18H,3-8,11H2,1-2H3,(H,22,23). The summed E-state index contributed by atoms with van der Waals surface area (Å²) >= 11 is 0. The zero-order valence-corrected chi connectivity index (χ0v) is 14.2. The zero-order valence-electron chi connectivity index (χ0n) is 14.2. The quantitative estimate of drug-likeness (QED) is 0.860. The van der Waals surface area contributed by atoms with Crippen LogP contribution in [0.4, 0.5) is 5.69 Å². The van der Waals surface area contributed by atoms with Crippen LogP contribution < -0.4 is 10.9 Å². The van der Waals surface area contributed by atoms with Crippen LogP contribution in [0.3, 0.4) is 0 Å². The number of pyridine rings is 1. The molecule has 0 radical (unpaired) electrons. The van der Waals surface area contributed by atoms with Gasteiger partial charge in [0.05, 0.1) is 23.4 Å². The number of hydrogen-bond donors (Lipinski definition) is 2. The number of nitrogens with one attached hydrogen (secondary N) is 1. The summed E-state index contributed by atoms with van der Waals surface area (Å²) in [6, 6.07) is 1.62. The number of nitrogens with zero attached hydrogens (tertiary/aromatic N) is 2. The van der Waals surface area contributed by atoms with Crippen LogP contribution in [-0.4, -0.2) is 59.9 Å². The van der Waals surface area contributed by atoms with Crippen molar-refractivity contribution in [3.8, 4) is 0 Å². The average molecular weight is 335 g/mol. The van der Waals surface area contributed by atoms with E-state index in [1.54, 1.807) is 0 Å². The summed E-state index contributed by atoms with van der Waals surface area (Å²) < 4.78 is 6.92. The fourth-order valence-electron chi connectivity index (χ4n) is 3.46. The Kier molecular flexibility index (Phi) is 4.64. The maximum Gasteiger partial charge on any atom is 0.339 e. The van der Waals surface area contributed by atoms with Gasteiger partial charge in [-0.15, -0.1) is 0 Å². The van der Waals surface area contributed by atoms with Crippen molar-refractivity contribution >= 4 is 11.7 Å². The molecular weight excluding hydrogens is 310 g/mol. The molecule has 2 saturated heterocycles. The third-order valence-electron chi connectivity index (χ3n) is 5.14. The van der Waals surface area contributed by atoms with Crippen LogP contribution in [0.1, 0.15) is 36.5 Å². The molecule has 2 fully saturated rings. The molecule has 0 aromatic carbocycles. The molecule has 7 nitrogen and oxygen atoms in total. The maximum absolute atomic E-state index is 12.6. The minimum absolute atomic E-state index is 0.140. The third kappa shape index (κ3) is 3.32. The van der Waals surface area contributed by atoms with Crippen LogP contribution >= 0.6 is 0 Å². The summed E-state index contributed by atoms with van der Waals surface area (Å²) in [6.45, 7) is 4.87. The summed E-state index contributed by atoms with van der Waals surface area (Å²) in [5, 5.41) is 12.9. The van der Waals surface area contributed by atoms with Crippen molar-refractivity contribution < 1.29 is 14.6 Å². The highest BCUT2D eigenvalue weighted by molar-refractivity contribution is 5.93. The summed E-state index contributed by atoms with van der Waals surface area (Å²) in [4.78, 5) is 26.5. The molecular formula is C17H25N3O4. The number of aromatic carboxylic acids is 1. The van der Waals surface area contributed by atoms with E-state index in [-0.39, 0.29) is 17.2 Å². The monoisotopic (exact) mass is 335 g/mol. The molecule has 132 valence electrons. The minimum Gasteiger partial charge on any atom is -0.478 e. The average Bonchev–Trinajstić information content (AvgIpc) is 2.97. The van der Waals surface area contributed by atoms with Crippen molar-refractivity contribution in [1.29, 1.82) is 0 Å². The van der Waals surface area contributed by atoms with Gasteiger partial charge in [0.2, 0.25) is 0 Å². The van der Waals surface area contributed by atoms with Crippen molar-refractivity contribution in [2.24, 2.45) is 0 Å². The van der Waals surface area contributed by atoms with E-state index in [4.69, 9.17) is 4.74 Å². The second kappa shape index (κ2) is 6.57. The highest BCUT2D eigenvalue weighted by Crippen LogP contribution is 2.27. The van der Waals surface area contributed by atoms with Crippen molar-refractivity contribution in [2.75, 3.05) is 38.7 Å². The predicted molar refractivity (Wildman–Crippen MR) is 90.9 cm³/mol. The number of likely N-dealkylation sites (tertiary alicyclic amines) is 1. The first-order chi connectivity index (χ1) is 11.4. The number of carboxylic acids is 1. The molecule has 3 heterocycles. The molecule has 1 atom stereocenters. The SMILES string of the molecule is CN1CCC(Nc2cc(=O)n(C3(C)CCOC3)cc2C(=O)O)CC1.